The van der Waals surface area contributed by atoms with E-state index >= 15 is 0 Å². The lowest BCUT2D eigenvalue weighted by atomic mass is 10.2. The van der Waals surface area contributed by atoms with Crippen molar-refractivity contribution in [2.24, 2.45) is 0 Å². The van der Waals surface area contributed by atoms with Crippen LogP contribution in [0.25, 0.3) is 11.4 Å². The van der Waals surface area contributed by atoms with Crippen molar-refractivity contribution in [1.29, 1.82) is 0 Å². The number of carbonyl (C=O) groups is 2. The first kappa shape index (κ1) is 16.2. The fraction of sp³-hybridized carbons (Fsp3) is 0.111. The van der Waals surface area contributed by atoms with Gasteiger partial charge in [-0.15, -0.1) is 11.3 Å². The summed E-state index contributed by atoms with van der Waals surface area (Å²) < 4.78 is 5.18. The summed E-state index contributed by atoms with van der Waals surface area (Å²) >= 11 is 1.33. The van der Waals surface area contributed by atoms with Crippen LogP contribution in [-0.4, -0.2) is 34.9 Å². The molecule has 0 aliphatic carbocycles. The molecule has 0 atom stereocenters. The number of benzene rings is 1. The summed E-state index contributed by atoms with van der Waals surface area (Å²) in [5, 5.41) is 5.10. The second-order valence-corrected chi connectivity index (χ2v) is 6.46. The van der Waals surface area contributed by atoms with E-state index in [-0.39, 0.29) is 25.0 Å². The van der Waals surface area contributed by atoms with Gasteiger partial charge in [-0.2, -0.15) is 0 Å². The number of pyridine rings is 1. The molecule has 1 aromatic carbocycles. The van der Waals surface area contributed by atoms with Gasteiger partial charge in [0.15, 0.2) is 10.9 Å². The molecule has 3 aromatic rings. The summed E-state index contributed by atoms with van der Waals surface area (Å²) in [6.45, 7) is 0.0616. The second kappa shape index (κ2) is 6.93. The van der Waals surface area contributed by atoms with Crippen LogP contribution in [0.5, 0.6) is 5.75 Å². The van der Waals surface area contributed by atoms with Crippen LogP contribution in [0, 0.1) is 0 Å². The predicted octanol–water partition coefficient (Wildman–Crippen LogP) is 2.57. The van der Waals surface area contributed by atoms with Crippen molar-refractivity contribution in [3.8, 4) is 17.1 Å². The molecule has 3 heterocycles. The van der Waals surface area contributed by atoms with E-state index in [0.29, 0.717) is 16.6 Å². The van der Waals surface area contributed by atoms with Crippen LogP contribution < -0.4 is 15.0 Å². The summed E-state index contributed by atoms with van der Waals surface area (Å²) in [7, 11) is 0. The van der Waals surface area contributed by atoms with Gasteiger partial charge in [0, 0.05) is 11.6 Å². The lowest BCUT2D eigenvalue weighted by Crippen LogP contribution is -2.41. The smallest absolute Gasteiger partial charge is 0.331 e. The number of hydrogen-bond donors (Lipinski definition) is 1. The highest BCUT2D eigenvalue weighted by Gasteiger charge is 2.25. The van der Waals surface area contributed by atoms with Gasteiger partial charge in [-0.05, 0) is 24.3 Å². The molecule has 0 spiro atoms. The number of anilines is 2. The molecule has 8 heteroatoms. The van der Waals surface area contributed by atoms with E-state index in [1.807, 2.05) is 35.7 Å². The Kier molecular flexibility index (Phi) is 4.32. The van der Waals surface area contributed by atoms with Gasteiger partial charge in [0.2, 0.25) is 5.91 Å². The van der Waals surface area contributed by atoms with E-state index in [0.717, 1.165) is 11.4 Å². The number of ether oxygens (including phenoxy) is 1. The van der Waals surface area contributed by atoms with Crippen molar-refractivity contribution in [2.75, 3.05) is 23.3 Å². The molecule has 1 amide bonds. The Bertz CT molecular complexity index is 958. The predicted molar refractivity (Wildman–Crippen MR) is 98.3 cm³/mol. The SMILES string of the molecule is O=C(CN1CC(=O)Oc2ccccc21)Nc1nc(-c2ccccn2)cs1. The Hall–Kier alpha value is -3.26. The summed E-state index contributed by atoms with van der Waals surface area (Å²) in [5.74, 6) is -0.178. The van der Waals surface area contributed by atoms with Crippen molar-refractivity contribution in [2.45, 2.75) is 0 Å². The lowest BCUT2D eigenvalue weighted by Gasteiger charge is -2.28. The van der Waals surface area contributed by atoms with Crippen LogP contribution >= 0.6 is 11.3 Å². The zero-order chi connectivity index (χ0) is 17.9. The summed E-state index contributed by atoms with van der Waals surface area (Å²) in [6.07, 6.45) is 1.69. The number of aromatic nitrogens is 2. The highest BCUT2D eigenvalue weighted by atomic mass is 32.1. The van der Waals surface area contributed by atoms with Crippen LogP contribution in [0.2, 0.25) is 0 Å². The zero-order valence-electron chi connectivity index (χ0n) is 13.6. The molecule has 0 fully saturated rings. The van der Waals surface area contributed by atoms with Gasteiger partial charge in [0.25, 0.3) is 0 Å². The van der Waals surface area contributed by atoms with Crippen molar-refractivity contribution < 1.29 is 14.3 Å². The third kappa shape index (κ3) is 3.40. The number of hydrogen-bond acceptors (Lipinski definition) is 7. The minimum atomic E-state index is -0.386. The number of esters is 1. The van der Waals surface area contributed by atoms with E-state index in [9.17, 15) is 9.59 Å². The van der Waals surface area contributed by atoms with Gasteiger partial charge in [-0.25, -0.2) is 9.78 Å². The number of nitrogens with zero attached hydrogens (tertiary/aromatic N) is 3. The third-order valence-electron chi connectivity index (χ3n) is 3.76. The number of nitrogens with one attached hydrogen (secondary N) is 1. The highest BCUT2D eigenvalue weighted by Crippen LogP contribution is 2.31. The second-order valence-electron chi connectivity index (χ2n) is 5.60. The normalized spacial score (nSPS) is 13.1. The minimum Gasteiger partial charge on any atom is -0.423 e. The summed E-state index contributed by atoms with van der Waals surface area (Å²) in [4.78, 5) is 34.4. The van der Waals surface area contributed by atoms with Crippen molar-refractivity contribution >= 4 is 34.0 Å². The molecule has 0 radical (unpaired) electrons. The van der Waals surface area contributed by atoms with E-state index in [1.165, 1.54) is 11.3 Å². The minimum absolute atomic E-state index is 0.0293. The number of amides is 1. The van der Waals surface area contributed by atoms with Gasteiger partial charge in [0.05, 0.1) is 17.9 Å². The maximum absolute atomic E-state index is 12.4. The maximum Gasteiger partial charge on any atom is 0.331 e. The van der Waals surface area contributed by atoms with Crippen LogP contribution in [0.4, 0.5) is 10.8 Å². The van der Waals surface area contributed by atoms with Crippen molar-refractivity contribution in [1.82, 2.24) is 9.97 Å². The quantitative estimate of drug-likeness (QED) is 0.564. The number of para-hydroxylation sites is 2. The molecule has 2 aromatic heterocycles. The Morgan fingerprint density at radius 1 is 1.19 bits per heavy atom. The van der Waals surface area contributed by atoms with Crippen molar-refractivity contribution in [3.05, 3.63) is 54.0 Å². The number of rotatable bonds is 4. The van der Waals surface area contributed by atoms with Gasteiger partial charge in [0.1, 0.15) is 12.2 Å². The Morgan fingerprint density at radius 3 is 2.88 bits per heavy atom. The first-order valence-electron chi connectivity index (χ1n) is 7.90. The summed E-state index contributed by atoms with van der Waals surface area (Å²) in [6, 6.07) is 12.7. The molecular weight excluding hydrogens is 352 g/mol. The van der Waals surface area contributed by atoms with Gasteiger partial charge in [-0.1, -0.05) is 18.2 Å². The van der Waals surface area contributed by atoms with E-state index in [1.54, 1.807) is 23.2 Å². The van der Waals surface area contributed by atoms with Crippen LogP contribution in [0.3, 0.4) is 0 Å². The molecule has 130 valence electrons. The zero-order valence-corrected chi connectivity index (χ0v) is 14.4. The van der Waals surface area contributed by atoms with Crippen molar-refractivity contribution in [3.63, 3.8) is 0 Å². The van der Waals surface area contributed by atoms with Gasteiger partial charge >= 0.3 is 5.97 Å². The topological polar surface area (TPSA) is 84.4 Å². The Balaban J connectivity index is 1.45. The molecule has 1 N–H and O–H groups in total. The molecular formula is C18H14N4O3S. The molecule has 0 bridgehead atoms. The van der Waals surface area contributed by atoms with Gasteiger partial charge in [-0.3, -0.25) is 9.78 Å². The largest absolute Gasteiger partial charge is 0.423 e. The monoisotopic (exact) mass is 366 g/mol. The van der Waals surface area contributed by atoms with E-state index in [4.69, 9.17) is 4.74 Å². The van der Waals surface area contributed by atoms with E-state index < -0.39 is 0 Å². The number of carbonyl (C=O) groups excluding carboxylic acids is 2. The van der Waals surface area contributed by atoms with Crippen LogP contribution in [-0.2, 0) is 9.59 Å². The molecule has 0 saturated heterocycles. The maximum atomic E-state index is 12.4. The highest BCUT2D eigenvalue weighted by molar-refractivity contribution is 7.14. The number of thiazole rings is 1. The average molecular weight is 366 g/mol. The first-order chi connectivity index (χ1) is 12.7. The lowest BCUT2D eigenvalue weighted by molar-refractivity contribution is -0.133. The number of fused-ring (bicyclic) bond motifs is 1. The van der Waals surface area contributed by atoms with Crippen LogP contribution in [0.15, 0.2) is 54.0 Å². The van der Waals surface area contributed by atoms with Crippen LogP contribution in [0.1, 0.15) is 0 Å². The third-order valence-corrected chi connectivity index (χ3v) is 4.52. The average Bonchev–Trinajstić information content (AvgIpc) is 3.10. The summed E-state index contributed by atoms with van der Waals surface area (Å²) in [5.41, 5.74) is 2.17. The molecule has 4 rings (SSSR count). The molecule has 0 saturated carbocycles. The molecule has 1 aliphatic heterocycles. The fourth-order valence-electron chi connectivity index (χ4n) is 2.64. The first-order valence-corrected chi connectivity index (χ1v) is 8.78. The van der Waals surface area contributed by atoms with Gasteiger partial charge < -0.3 is 15.0 Å². The molecule has 26 heavy (non-hydrogen) atoms. The Morgan fingerprint density at radius 2 is 2.04 bits per heavy atom. The van der Waals surface area contributed by atoms with E-state index in [2.05, 4.69) is 15.3 Å². The molecule has 0 unspecified atom stereocenters. The fourth-order valence-corrected chi connectivity index (χ4v) is 3.36. The molecule has 1 aliphatic rings. The Labute approximate surface area is 153 Å². The molecule has 7 nitrogen and oxygen atoms in total. The standard InChI is InChI=1S/C18H14N4O3S/c23-16(9-22-10-17(24)25-15-7-2-1-6-14(15)22)21-18-20-13(11-26-18)12-5-3-4-8-19-12/h1-8,11H,9-10H2,(H,20,21,23).